The molecule has 0 aromatic rings. The maximum Gasteiger partial charge on any atom is 0.315 e. The molecule has 5 fully saturated rings. The fourth-order valence-electron chi connectivity index (χ4n) is 9.49. The van der Waals surface area contributed by atoms with Crippen molar-refractivity contribution in [2.75, 3.05) is 25.5 Å². The van der Waals surface area contributed by atoms with E-state index in [1.54, 1.807) is 4.90 Å². The number of nitrogens with one attached hydrogen (secondary N) is 4. The Kier molecular flexibility index (Phi) is 12.6. The molecule has 5 amide bonds. The molecule has 4 saturated carbocycles. The molecule has 0 unspecified atom stereocenters. The summed E-state index contributed by atoms with van der Waals surface area (Å²) in [6.07, 6.45) is 11.8. The zero-order valence-corrected chi connectivity index (χ0v) is 33.9. The van der Waals surface area contributed by atoms with Crippen LogP contribution in [-0.4, -0.2) is 96.8 Å². The summed E-state index contributed by atoms with van der Waals surface area (Å²) in [5.74, 6) is -2.46. The minimum absolute atomic E-state index is 0.0388. The molecule has 4 N–H and O–H groups in total. The third-order valence-electron chi connectivity index (χ3n) is 13.6. The first-order valence-corrected chi connectivity index (χ1v) is 21.9. The van der Waals surface area contributed by atoms with Gasteiger partial charge in [-0.2, -0.15) is 0 Å². The van der Waals surface area contributed by atoms with Crippen molar-refractivity contribution >= 4 is 39.4 Å². The van der Waals surface area contributed by atoms with Crippen LogP contribution in [0, 0.1) is 28.6 Å². The quantitative estimate of drug-likeness (QED) is 0.124. The molecule has 0 spiro atoms. The van der Waals surface area contributed by atoms with E-state index < -0.39 is 79.7 Å². The molecule has 1 heterocycles. The van der Waals surface area contributed by atoms with Crippen molar-refractivity contribution in [3.8, 4) is 0 Å². The van der Waals surface area contributed by atoms with Gasteiger partial charge in [-0.05, 0) is 81.0 Å². The number of hydrogen-bond acceptors (Lipinski definition) is 7. The Morgan fingerprint density at radius 1 is 0.944 bits per heavy atom. The van der Waals surface area contributed by atoms with Crippen molar-refractivity contribution in [1.29, 1.82) is 0 Å². The van der Waals surface area contributed by atoms with Crippen LogP contribution in [0.15, 0.2) is 12.7 Å². The molecule has 304 valence electrons. The Bertz CT molecular complexity index is 1570. The van der Waals surface area contributed by atoms with E-state index >= 15 is 0 Å². The van der Waals surface area contributed by atoms with E-state index in [0.717, 1.165) is 38.5 Å². The summed E-state index contributed by atoms with van der Waals surface area (Å²) in [6, 6.07) is -3.61. The van der Waals surface area contributed by atoms with Gasteiger partial charge < -0.3 is 26.2 Å². The van der Waals surface area contributed by atoms with E-state index in [-0.39, 0.29) is 29.7 Å². The Morgan fingerprint density at radius 2 is 1.56 bits per heavy atom. The topological polar surface area (TPSA) is 171 Å². The first kappa shape index (κ1) is 42.1. The number of urea groups is 1. The van der Waals surface area contributed by atoms with Gasteiger partial charge in [-0.3, -0.25) is 19.2 Å². The van der Waals surface area contributed by atoms with Crippen LogP contribution in [0.4, 0.5) is 9.18 Å². The SMILES string of the molecule is C=CCNC(=O)C(=O)[C@H](CCC1CC1)NC(=O)[C@@H]1[C@@H]2[C@H](CN1C(=O)[C@@H](NC(=O)NC1(CS(=O)(=O)C(C)(C)CF)CCCCC1)C1(C)CCCCC1)C2(C)C. The standard InChI is InChI=1S/C40H64FN5O7S/c1-7-22-42-34(49)31(47)28(17-16-26-14-15-26)43-33(48)30-29-27(38(29,4)5)23-46(30)35(50)32(39(6)18-10-8-11-19-39)44-36(51)45-40(20-12-9-13-21-40)25-54(52,53)37(2,3)24-41/h7,26-30,32H,1,8-25H2,2-6H3,(H,42,49)(H,43,48)(H2,44,45,51)/t27-,28-,29-,30-,32+/m0/s1. The maximum absolute atomic E-state index is 14.9. The number of piperidine rings is 1. The van der Waals surface area contributed by atoms with E-state index in [9.17, 15) is 36.8 Å². The molecule has 5 rings (SSSR count). The number of ketones is 1. The zero-order chi connectivity index (χ0) is 39.7. The average Bonchev–Trinajstić information content (AvgIpc) is 3.99. The van der Waals surface area contributed by atoms with Gasteiger partial charge in [-0.15, -0.1) is 6.58 Å². The highest BCUT2D eigenvalue weighted by Crippen LogP contribution is 2.65. The number of carbonyl (C=O) groups excluding carboxylic acids is 5. The highest BCUT2D eigenvalue weighted by Gasteiger charge is 2.70. The van der Waals surface area contributed by atoms with Gasteiger partial charge in [0.1, 0.15) is 18.8 Å². The fourth-order valence-corrected chi connectivity index (χ4v) is 11.1. The second kappa shape index (κ2) is 16.2. The van der Waals surface area contributed by atoms with Crippen LogP contribution in [-0.2, 0) is 29.0 Å². The number of hydrogen-bond donors (Lipinski definition) is 4. The number of alkyl halides is 1. The molecule has 14 heteroatoms. The van der Waals surface area contributed by atoms with Gasteiger partial charge in [0.2, 0.25) is 17.6 Å². The second-order valence-electron chi connectivity index (χ2n) is 18.6. The summed E-state index contributed by atoms with van der Waals surface area (Å²) >= 11 is 0. The monoisotopic (exact) mass is 777 g/mol. The Morgan fingerprint density at radius 3 is 2.13 bits per heavy atom. The minimum atomic E-state index is -3.96. The lowest BCUT2D eigenvalue weighted by atomic mass is 9.70. The number of halogens is 1. The van der Waals surface area contributed by atoms with Crippen LogP contribution in [0.1, 0.15) is 125 Å². The predicted molar refractivity (Wildman–Crippen MR) is 205 cm³/mol. The summed E-state index contributed by atoms with van der Waals surface area (Å²) in [5, 5.41) is 11.4. The first-order valence-electron chi connectivity index (χ1n) is 20.2. The molecular formula is C40H64FN5O7S. The first-order chi connectivity index (χ1) is 25.3. The van der Waals surface area contributed by atoms with Crippen molar-refractivity contribution in [2.24, 2.45) is 28.6 Å². The van der Waals surface area contributed by atoms with E-state index in [1.807, 2.05) is 6.92 Å². The number of carbonyl (C=O) groups is 5. The van der Waals surface area contributed by atoms with E-state index in [1.165, 1.54) is 19.9 Å². The molecular weight excluding hydrogens is 714 g/mol. The molecule has 54 heavy (non-hydrogen) atoms. The number of nitrogens with zero attached hydrogens (tertiary/aromatic N) is 1. The third-order valence-corrected chi connectivity index (χ3v) is 16.3. The van der Waals surface area contributed by atoms with Crippen molar-refractivity contribution in [3.05, 3.63) is 12.7 Å². The molecule has 4 aliphatic carbocycles. The highest BCUT2D eigenvalue weighted by atomic mass is 32.2. The van der Waals surface area contributed by atoms with Crippen LogP contribution in [0.5, 0.6) is 0 Å². The van der Waals surface area contributed by atoms with Crippen LogP contribution < -0.4 is 21.3 Å². The third kappa shape index (κ3) is 8.99. The van der Waals surface area contributed by atoms with Crippen molar-refractivity contribution < 1.29 is 36.8 Å². The lowest BCUT2D eigenvalue weighted by molar-refractivity contribution is -0.146. The smallest absolute Gasteiger partial charge is 0.315 e. The number of Topliss-reactive ketones (excluding diaryl/α,β-unsaturated/α-hetero) is 1. The van der Waals surface area contributed by atoms with E-state index in [2.05, 4.69) is 41.7 Å². The molecule has 5 aliphatic rings. The van der Waals surface area contributed by atoms with Crippen molar-refractivity contribution in [3.63, 3.8) is 0 Å². The van der Waals surface area contributed by atoms with Gasteiger partial charge in [-0.1, -0.05) is 78.2 Å². The van der Waals surface area contributed by atoms with Crippen molar-refractivity contribution in [2.45, 2.75) is 153 Å². The van der Waals surface area contributed by atoms with Gasteiger partial charge in [0.25, 0.3) is 5.91 Å². The van der Waals surface area contributed by atoms with Gasteiger partial charge >= 0.3 is 6.03 Å². The van der Waals surface area contributed by atoms with Gasteiger partial charge in [0, 0.05) is 13.1 Å². The van der Waals surface area contributed by atoms with Crippen molar-refractivity contribution in [1.82, 2.24) is 26.2 Å². The van der Waals surface area contributed by atoms with Gasteiger partial charge in [0.15, 0.2) is 9.84 Å². The predicted octanol–water partition coefficient (Wildman–Crippen LogP) is 4.52. The zero-order valence-electron chi connectivity index (χ0n) is 33.1. The number of fused-ring (bicyclic) bond motifs is 1. The van der Waals surface area contributed by atoms with Crippen LogP contribution in [0.3, 0.4) is 0 Å². The second-order valence-corrected chi connectivity index (χ2v) is 21.2. The summed E-state index contributed by atoms with van der Waals surface area (Å²) in [6.45, 7) is 11.8. The van der Waals surface area contributed by atoms with Crippen LogP contribution in [0.2, 0.25) is 0 Å². The van der Waals surface area contributed by atoms with Gasteiger partial charge in [-0.25, -0.2) is 17.6 Å². The molecule has 0 bridgehead atoms. The van der Waals surface area contributed by atoms with Crippen LogP contribution >= 0.6 is 0 Å². The Labute approximate surface area is 321 Å². The summed E-state index contributed by atoms with van der Waals surface area (Å²) in [5.41, 5.74) is -1.98. The fraction of sp³-hybridized carbons (Fsp3) is 0.825. The lowest BCUT2D eigenvalue weighted by Crippen LogP contribution is -2.65. The number of likely N-dealkylation sites (tertiary alicyclic amines) is 1. The molecule has 1 aliphatic heterocycles. The average molecular weight is 778 g/mol. The normalized spacial score (nSPS) is 26.7. The number of rotatable bonds is 17. The van der Waals surface area contributed by atoms with Crippen LogP contribution in [0.25, 0.3) is 0 Å². The largest absolute Gasteiger partial charge is 0.346 e. The Hall–Kier alpha value is -3.03. The summed E-state index contributed by atoms with van der Waals surface area (Å²) < 4.78 is 39.2. The Balaban J connectivity index is 1.40. The molecule has 12 nitrogen and oxygen atoms in total. The number of sulfone groups is 1. The van der Waals surface area contributed by atoms with E-state index in [4.69, 9.17) is 0 Å². The molecule has 5 atom stereocenters. The maximum atomic E-state index is 14.9. The van der Waals surface area contributed by atoms with E-state index in [0.29, 0.717) is 63.8 Å². The lowest BCUT2D eigenvalue weighted by Gasteiger charge is -2.44. The molecule has 0 radical (unpaired) electrons. The molecule has 0 aromatic heterocycles. The highest BCUT2D eigenvalue weighted by molar-refractivity contribution is 7.92. The van der Waals surface area contributed by atoms with Gasteiger partial charge in [0.05, 0.1) is 22.1 Å². The number of amides is 5. The minimum Gasteiger partial charge on any atom is -0.346 e. The molecule has 1 saturated heterocycles. The summed E-state index contributed by atoms with van der Waals surface area (Å²) in [7, 11) is -3.96. The molecule has 0 aromatic carbocycles. The summed E-state index contributed by atoms with van der Waals surface area (Å²) in [4.78, 5) is 71.1.